The van der Waals surface area contributed by atoms with E-state index in [1.807, 2.05) is 0 Å². The minimum absolute atomic E-state index is 0. The molecule has 145 heavy (non-hydrogen) atoms. The van der Waals surface area contributed by atoms with E-state index in [4.69, 9.17) is 111 Å². The van der Waals surface area contributed by atoms with Gasteiger partial charge in [-0.25, -0.2) is 47.9 Å². The van der Waals surface area contributed by atoms with Gasteiger partial charge in [-0.1, -0.05) is 7.43 Å². The second kappa shape index (κ2) is 71.5. The van der Waals surface area contributed by atoms with Crippen molar-refractivity contribution in [1.82, 2.24) is 42.5 Å². The van der Waals surface area contributed by atoms with Crippen LogP contribution in [0.3, 0.4) is 0 Å². The van der Waals surface area contributed by atoms with Crippen LogP contribution in [0, 0.1) is 0 Å². The molecule has 8 amide bonds. The first-order valence-corrected chi connectivity index (χ1v) is 46.7. The van der Waals surface area contributed by atoms with Gasteiger partial charge in [0, 0.05) is 38.9 Å². The summed E-state index contributed by atoms with van der Waals surface area (Å²) in [5, 5.41) is 132. The molecule has 0 spiro atoms. The van der Waals surface area contributed by atoms with Crippen LogP contribution in [0.25, 0.3) is 0 Å². The fourth-order valence-corrected chi connectivity index (χ4v) is 10.3. The van der Waals surface area contributed by atoms with Crippen LogP contribution in [-0.2, 0) is 152 Å². The van der Waals surface area contributed by atoms with E-state index < -0.39 is 263 Å². The largest absolute Gasteiger partial charge is 0.522 e. The molecule has 0 aromatic heterocycles. The first-order valence-electron chi connectivity index (χ1n) is 42.4. The second-order valence-electron chi connectivity index (χ2n) is 32.9. The van der Waals surface area contributed by atoms with Crippen LogP contribution in [0.4, 0.5) is 53.9 Å². The summed E-state index contributed by atoms with van der Waals surface area (Å²) in [5.41, 5.74) is 2.97. The van der Waals surface area contributed by atoms with Crippen LogP contribution in [0.1, 0.15) is 185 Å². The molecular weight excluding hydrogens is 2100 g/mol. The van der Waals surface area contributed by atoms with E-state index in [-0.39, 0.29) is 97.7 Å². The number of aliphatic carboxylic acids is 2. The smallest absolute Gasteiger partial charge is 0.479 e. The van der Waals surface area contributed by atoms with Crippen LogP contribution in [0.15, 0.2) is 0 Å². The van der Waals surface area contributed by atoms with Gasteiger partial charge < -0.3 is 165 Å². The zero-order chi connectivity index (χ0) is 113. The van der Waals surface area contributed by atoms with Crippen molar-refractivity contribution < 1.29 is 275 Å². The van der Waals surface area contributed by atoms with E-state index in [0.29, 0.717) is 77.5 Å². The number of ether oxygens (including phenoxy) is 8. The molecular formula is C76H137F9N12O44S3Sc. The van der Waals surface area contributed by atoms with Gasteiger partial charge in [0.1, 0.15) is 77.5 Å². The van der Waals surface area contributed by atoms with Gasteiger partial charge in [0.25, 0.3) is 11.8 Å². The number of halogens is 9. The van der Waals surface area contributed by atoms with E-state index in [1.54, 1.807) is 62.3 Å². The maximum Gasteiger partial charge on any atom is 0.522 e. The van der Waals surface area contributed by atoms with E-state index in [9.17, 15) is 152 Å². The quantitative estimate of drug-likeness (QED) is 0.00678. The van der Waals surface area contributed by atoms with Crippen LogP contribution < -0.4 is 65.5 Å². The number of esters is 5. The normalized spacial score (nSPS) is 17.4. The van der Waals surface area contributed by atoms with Crippen molar-refractivity contribution in [3.63, 3.8) is 0 Å². The number of methoxy groups -OCH3 is 3. The number of unbranched alkanes of at least 4 members (excludes halogenated alkanes) is 6. The number of carboxylic acid groups (broad SMARTS) is 2. The summed E-state index contributed by atoms with van der Waals surface area (Å²) >= 11 is 0. The first kappa shape index (κ1) is 149. The number of nitrogens with two attached hydrogens (primary N) is 4. The maximum atomic E-state index is 13.0. The molecule has 2 fully saturated rings. The Hall–Kier alpha value is -9.14. The zero-order valence-corrected chi connectivity index (χ0v) is 84.2. The maximum absolute atomic E-state index is 13.0. The molecule has 31 N–H and O–H groups in total. The van der Waals surface area contributed by atoms with Crippen molar-refractivity contribution in [1.29, 1.82) is 0 Å². The molecule has 0 saturated carbocycles. The Morgan fingerprint density at radius 2 is 0.531 bits per heavy atom. The number of rotatable bonds is 48. The third-order valence-corrected chi connectivity index (χ3v) is 19.3. The third kappa shape index (κ3) is 65.3. The van der Waals surface area contributed by atoms with Gasteiger partial charge in [0.05, 0.1) is 21.3 Å². The van der Waals surface area contributed by atoms with Gasteiger partial charge >= 0.3 is 107 Å². The fraction of sp³-hybridized carbons (Fsp3) is 0.803. The number of carbonyl (C=O) groups is 15. The number of nitrogens with one attached hydrogen (secondary N) is 8. The van der Waals surface area contributed by atoms with Crippen molar-refractivity contribution in [3.05, 3.63) is 0 Å². The number of hydrogen-bond donors (Lipinski definition) is 27. The van der Waals surface area contributed by atoms with Crippen molar-refractivity contribution in [2.45, 2.75) is 328 Å². The number of alkyl halides is 9. The number of amides is 8. The van der Waals surface area contributed by atoms with Crippen molar-refractivity contribution >= 4 is 120 Å². The Bertz CT molecular complexity index is 4060. The molecule has 2 saturated heterocycles. The van der Waals surface area contributed by atoms with E-state index >= 15 is 0 Å². The molecule has 0 aromatic carbocycles. The third-order valence-electron chi connectivity index (χ3n) is 17.5. The molecule has 849 valence electrons. The summed E-state index contributed by atoms with van der Waals surface area (Å²) in [5.74, 6) is -11.3. The van der Waals surface area contributed by atoms with Crippen molar-refractivity contribution in [3.8, 4) is 0 Å². The summed E-state index contributed by atoms with van der Waals surface area (Å²) in [7, 11) is -13.9. The fourth-order valence-electron chi connectivity index (χ4n) is 10.3. The molecule has 2 aliphatic rings. The molecule has 0 aliphatic carbocycles. The summed E-state index contributed by atoms with van der Waals surface area (Å²) in [6, 6.07) is -5.78. The Morgan fingerprint density at radius 3 is 0.703 bits per heavy atom. The van der Waals surface area contributed by atoms with Gasteiger partial charge in [0.2, 0.25) is 17.7 Å². The summed E-state index contributed by atoms with van der Waals surface area (Å²) in [4.78, 5) is 178. The van der Waals surface area contributed by atoms with E-state index in [2.05, 4.69) is 52.0 Å². The average Bonchev–Trinajstić information content (AvgIpc) is 1.63. The number of aliphatic hydroxyl groups excluding tert-OH is 10. The van der Waals surface area contributed by atoms with Crippen molar-refractivity contribution in [2.75, 3.05) is 60.6 Å². The Labute approximate surface area is 845 Å². The number of fused-ring (bicyclic) bond motifs is 1. The molecule has 2 rings (SSSR count). The molecule has 0 bridgehead atoms. The molecule has 1 radical (unpaired) electrons. The first-order chi connectivity index (χ1) is 65.1. The average molecular weight is 2240 g/mol. The standard InChI is InChI=1S/2C24H44N4O12.C18H36N4O5.C6H6O6.3CHF3O3S.CH4.Sc/c2*1-24(2,3)40-23(38)28-13(19(33)27-14(22(37)39-4)10-5-7-11-25)9-6-8-12-26-20(34)17(31)15(29)16(30)18(32)21(35)36;1-18(2,3)27-17(25)22-13(9-5-7-11-19)15(23)21-14(16(24)26-4)10-6-8-12-20;7-1-3-4(12-5(1)9)2(8)6(10)11-3;3*2-1(3,4)8(5,6)7;;/h2*13-18,29-32H,5-12,25H2,1-4H3,(H,26,34)(H,27,33)(H,28,38)(H,35,36);13-14H,5-12,19-20H2,1-4H3,(H,21,23)(H,22,25);1-4,7-8H;3*(H,5,6,7);1H4;/t2*13-,14?,15?,16?,17?,18?;13-,14?;1-,2+,3?,4?;;;;;/m111....../s1. The number of aliphatic hydroxyl groups is 10. The predicted molar refractivity (Wildman–Crippen MR) is 471 cm³/mol. The van der Waals surface area contributed by atoms with Crippen LogP contribution in [0.2, 0.25) is 0 Å². The molecule has 69 heteroatoms. The molecule has 18 atom stereocenters. The Kier molecular flexibility index (Phi) is 73.4. The topological polar surface area (TPSA) is 936 Å². The summed E-state index contributed by atoms with van der Waals surface area (Å²) in [6.07, 6.45) is -18.3. The van der Waals surface area contributed by atoms with E-state index in [0.717, 1.165) is 12.8 Å². The molecule has 2 heterocycles. The minimum atomic E-state index is -5.84. The molecule has 56 nitrogen and oxygen atoms in total. The van der Waals surface area contributed by atoms with Gasteiger partial charge in [-0.3, -0.25) is 37.6 Å². The monoisotopic (exact) mass is 2230 g/mol. The van der Waals surface area contributed by atoms with Gasteiger partial charge in [-0.2, -0.15) is 64.8 Å². The summed E-state index contributed by atoms with van der Waals surface area (Å²) < 4.78 is 212. The van der Waals surface area contributed by atoms with Crippen molar-refractivity contribution in [2.24, 2.45) is 22.9 Å². The van der Waals surface area contributed by atoms with Crippen LogP contribution >= 0.6 is 0 Å². The summed E-state index contributed by atoms with van der Waals surface area (Å²) in [6.45, 7) is 16.7. The zero-order valence-electron chi connectivity index (χ0n) is 79.9. The molecule has 13 unspecified atom stereocenters. The SMILES string of the molecule is C.COC(=O)C(CCCCN)NC(=O)[C@@H](CCCCN)NC(=O)OC(C)(C)C.COC(=O)C(CCCCN)NC(=O)[C@@H](CCCCNC(=O)C(O)C(O)C(O)C(O)C(=O)O)NC(=O)OC(C)(C)C.COC(=O)C(CCCCN)NC(=O)[C@@H](CCCCNC(=O)C(O)C(O)C(O)C(O)C(=O)O)NC(=O)OC(C)(C)C.O=C1OC2C(OC(=O)[C@@H]2O)[C@@H]1O.O=S(=O)(O)C(F)(F)F.O=S(=O)(O)C(F)(F)F.O=S(=O)(O)C(F)(F)F.[Sc]. The second-order valence-corrected chi connectivity index (χ2v) is 37.2. The van der Waals surface area contributed by atoms with Crippen LogP contribution in [0.5, 0.6) is 0 Å². The van der Waals surface area contributed by atoms with E-state index in [1.165, 1.54) is 21.3 Å². The molecule has 2 aliphatic heterocycles. The number of carbonyl (C=O) groups excluding carboxylic acids is 13. The van der Waals surface area contributed by atoms with Gasteiger partial charge in [-0.15, -0.1) is 0 Å². The number of alkyl carbamates (subject to hydrolysis) is 3. The minimum Gasteiger partial charge on any atom is -0.479 e. The molecule has 0 aromatic rings. The Balaban J connectivity index is -0.000000335. The predicted octanol–water partition coefficient (Wildman–Crippen LogP) is -4.87. The number of hydrogen-bond acceptors (Lipinski definition) is 43. The number of carboxylic acids is 2. The van der Waals surface area contributed by atoms with Gasteiger partial charge in [-0.05, 0) is 204 Å². The van der Waals surface area contributed by atoms with Gasteiger partial charge in [0.15, 0.2) is 48.8 Å². The Morgan fingerprint density at radius 1 is 0.345 bits per heavy atom. The van der Waals surface area contributed by atoms with Crippen LogP contribution in [-0.4, -0.2) is 393 Å².